The predicted molar refractivity (Wildman–Crippen MR) is 81.7 cm³/mol. The Balaban J connectivity index is 2.30. The van der Waals surface area contributed by atoms with Crippen LogP contribution in [0, 0.1) is 12.3 Å². The Kier molecular flexibility index (Phi) is 3.79. The van der Waals surface area contributed by atoms with Gasteiger partial charge in [0, 0.05) is 12.4 Å². The predicted octanol–water partition coefficient (Wildman–Crippen LogP) is 2.17. The van der Waals surface area contributed by atoms with Gasteiger partial charge >= 0.3 is 5.97 Å². The number of carbonyl (C=O) groups is 2. The molecule has 2 aromatic rings. The molecular weight excluding hydrogens is 290 g/mol. The molecule has 2 heterocycles. The molecular formula is C14H19N3O3S. The molecule has 1 amide bonds. The van der Waals surface area contributed by atoms with E-state index in [1.54, 1.807) is 31.5 Å². The summed E-state index contributed by atoms with van der Waals surface area (Å²) in [7, 11) is 1.82. The highest BCUT2D eigenvalue weighted by molar-refractivity contribution is 7.20. The van der Waals surface area contributed by atoms with Crippen LogP contribution in [0.5, 0.6) is 0 Å². The van der Waals surface area contributed by atoms with Crippen LogP contribution in [-0.2, 0) is 11.8 Å². The molecule has 6 nitrogen and oxygen atoms in total. The molecule has 0 saturated carbocycles. The summed E-state index contributed by atoms with van der Waals surface area (Å²) in [6.45, 7) is 7.23. The number of carboxylic acids is 1. The first-order valence-electron chi connectivity index (χ1n) is 6.58. The molecule has 114 valence electrons. The molecule has 0 unspecified atom stereocenters. The molecule has 2 aromatic heterocycles. The van der Waals surface area contributed by atoms with Crippen LogP contribution in [0.15, 0.2) is 6.07 Å². The Hall–Kier alpha value is -1.89. The number of aromatic nitrogens is 2. The molecule has 0 bridgehead atoms. The monoisotopic (exact) mass is 309 g/mol. The topological polar surface area (TPSA) is 84.2 Å². The van der Waals surface area contributed by atoms with Gasteiger partial charge < -0.3 is 10.4 Å². The molecule has 2 rings (SSSR count). The van der Waals surface area contributed by atoms with Gasteiger partial charge in [-0.3, -0.25) is 9.48 Å². The molecule has 1 atom stereocenters. The Bertz CT molecular complexity index is 674. The number of carboxylic acid groups (broad SMARTS) is 1. The Morgan fingerprint density at radius 2 is 2.05 bits per heavy atom. The summed E-state index contributed by atoms with van der Waals surface area (Å²) in [5, 5.41) is 17.1. The zero-order valence-electron chi connectivity index (χ0n) is 12.7. The van der Waals surface area contributed by atoms with Crippen molar-refractivity contribution in [3.05, 3.63) is 16.6 Å². The van der Waals surface area contributed by atoms with Crippen molar-refractivity contribution in [1.29, 1.82) is 0 Å². The molecule has 0 spiro atoms. The van der Waals surface area contributed by atoms with E-state index in [9.17, 15) is 14.7 Å². The summed E-state index contributed by atoms with van der Waals surface area (Å²) >= 11 is 1.31. The summed E-state index contributed by atoms with van der Waals surface area (Å²) in [6.07, 6.45) is 0. The highest BCUT2D eigenvalue weighted by Crippen LogP contribution is 2.28. The average Bonchev–Trinajstić information content (AvgIpc) is 2.87. The van der Waals surface area contributed by atoms with Crippen molar-refractivity contribution in [3.8, 4) is 0 Å². The van der Waals surface area contributed by atoms with Crippen LogP contribution < -0.4 is 5.32 Å². The van der Waals surface area contributed by atoms with Gasteiger partial charge in [-0.15, -0.1) is 11.3 Å². The minimum Gasteiger partial charge on any atom is -0.480 e. The van der Waals surface area contributed by atoms with E-state index in [0.717, 1.165) is 15.9 Å². The lowest BCUT2D eigenvalue weighted by Gasteiger charge is -2.27. The van der Waals surface area contributed by atoms with E-state index < -0.39 is 17.4 Å². The molecule has 0 aliphatic heterocycles. The van der Waals surface area contributed by atoms with Crippen LogP contribution in [0.3, 0.4) is 0 Å². The largest absolute Gasteiger partial charge is 0.480 e. The molecule has 2 N–H and O–H groups in total. The number of hydrogen-bond acceptors (Lipinski definition) is 4. The number of aliphatic carboxylic acids is 1. The van der Waals surface area contributed by atoms with Crippen molar-refractivity contribution in [2.45, 2.75) is 33.7 Å². The Morgan fingerprint density at radius 1 is 1.43 bits per heavy atom. The lowest BCUT2D eigenvalue weighted by molar-refractivity contribution is -0.142. The van der Waals surface area contributed by atoms with Crippen molar-refractivity contribution in [1.82, 2.24) is 15.1 Å². The number of aryl methyl sites for hydroxylation is 2. The summed E-state index contributed by atoms with van der Waals surface area (Å²) in [4.78, 5) is 25.0. The summed E-state index contributed by atoms with van der Waals surface area (Å²) in [5.41, 5.74) is 0.295. The number of nitrogens with zero attached hydrogens (tertiary/aromatic N) is 2. The third-order valence-electron chi connectivity index (χ3n) is 3.31. The molecule has 0 fully saturated rings. The fourth-order valence-corrected chi connectivity index (χ4v) is 3.19. The number of hydrogen-bond donors (Lipinski definition) is 2. The quantitative estimate of drug-likeness (QED) is 0.910. The van der Waals surface area contributed by atoms with Crippen molar-refractivity contribution in [3.63, 3.8) is 0 Å². The molecule has 21 heavy (non-hydrogen) atoms. The lowest BCUT2D eigenvalue weighted by atomic mass is 9.87. The van der Waals surface area contributed by atoms with E-state index in [4.69, 9.17) is 0 Å². The van der Waals surface area contributed by atoms with Crippen LogP contribution in [0.1, 0.15) is 36.1 Å². The second-order valence-electron chi connectivity index (χ2n) is 6.15. The van der Waals surface area contributed by atoms with Crippen LogP contribution >= 0.6 is 11.3 Å². The van der Waals surface area contributed by atoms with Crippen LogP contribution in [0.25, 0.3) is 10.2 Å². The zero-order chi connectivity index (χ0) is 15.9. The van der Waals surface area contributed by atoms with Crippen molar-refractivity contribution < 1.29 is 14.7 Å². The minimum absolute atomic E-state index is 0.363. The van der Waals surface area contributed by atoms with Crippen LogP contribution in [0.4, 0.5) is 0 Å². The maximum absolute atomic E-state index is 12.3. The minimum atomic E-state index is -1.03. The number of thiophene rings is 1. The molecule has 0 radical (unpaired) electrons. The van der Waals surface area contributed by atoms with E-state index in [-0.39, 0.29) is 5.91 Å². The number of carbonyl (C=O) groups excluding carboxylic acids is 1. The van der Waals surface area contributed by atoms with E-state index >= 15 is 0 Å². The third kappa shape index (κ3) is 2.92. The second-order valence-corrected chi connectivity index (χ2v) is 7.18. The van der Waals surface area contributed by atoms with Gasteiger partial charge in [0.15, 0.2) is 0 Å². The summed E-state index contributed by atoms with van der Waals surface area (Å²) in [6, 6.07) is 0.827. The number of fused-ring (bicyclic) bond motifs is 1. The van der Waals surface area contributed by atoms with Gasteiger partial charge in [-0.25, -0.2) is 4.79 Å². The van der Waals surface area contributed by atoms with Crippen molar-refractivity contribution in [2.24, 2.45) is 12.5 Å². The van der Waals surface area contributed by atoms with Crippen molar-refractivity contribution >= 4 is 33.4 Å². The van der Waals surface area contributed by atoms with E-state index in [1.165, 1.54) is 11.3 Å². The smallest absolute Gasteiger partial charge is 0.326 e. The first-order valence-corrected chi connectivity index (χ1v) is 7.39. The van der Waals surface area contributed by atoms with E-state index in [2.05, 4.69) is 10.4 Å². The standard InChI is InChI=1S/C14H19N3O3S/c1-7-8-6-9(21-12(8)17(5)16-7)11(18)15-10(13(19)20)14(2,3)4/h6,10H,1-5H3,(H,15,18)(H,19,20)/t10-/m0/s1. The fraction of sp³-hybridized carbons (Fsp3) is 0.500. The summed E-state index contributed by atoms with van der Waals surface area (Å²) < 4.78 is 1.73. The van der Waals surface area contributed by atoms with Gasteiger partial charge in [0.05, 0.1) is 10.6 Å². The van der Waals surface area contributed by atoms with E-state index in [0.29, 0.717) is 4.88 Å². The Morgan fingerprint density at radius 3 is 2.52 bits per heavy atom. The Labute approximate surface area is 126 Å². The average molecular weight is 309 g/mol. The SMILES string of the molecule is Cc1nn(C)c2sc(C(=O)N[C@@H](C(=O)O)C(C)(C)C)cc12. The molecule has 0 aliphatic rings. The summed E-state index contributed by atoms with van der Waals surface area (Å²) in [5.74, 6) is -1.40. The van der Waals surface area contributed by atoms with Gasteiger partial charge in [-0.05, 0) is 18.4 Å². The fourth-order valence-electron chi connectivity index (χ4n) is 2.17. The maximum atomic E-state index is 12.3. The van der Waals surface area contributed by atoms with Crippen LogP contribution in [-0.4, -0.2) is 32.8 Å². The van der Waals surface area contributed by atoms with Gasteiger partial charge in [0.25, 0.3) is 5.91 Å². The number of rotatable bonds is 3. The van der Waals surface area contributed by atoms with E-state index in [1.807, 2.05) is 14.0 Å². The zero-order valence-corrected chi connectivity index (χ0v) is 13.5. The lowest BCUT2D eigenvalue weighted by Crippen LogP contribution is -2.48. The van der Waals surface area contributed by atoms with Gasteiger partial charge in [-0.2, -0.15) is 5.10 Å². The highest BCUT2D eigenvalue weighted by atomic mass is 32.1. The van der Waals surface area contributed by atoms with Crippen molar-refractivity contribution in [2.75, 3.05) is 0 Å². The molecule has 0 aliphatic carbocycles. The second kappa shape index (κ2) is 5.14. The molecule has 0 aromatic carbocycles. The molecule has 0 saturated heterocycles. The third-order valence-corrected chi connectivity index (χ3v) is 4.51. The highest BCUT2D eigenvalue weighted by Gasteiger charge is 2.33. The van der Waals surface area contributed by atoms with Gasteiger partial charge in [0.1, 0.15) is 10.9 Å². The number of nitrogens with one attached hydrogen (secondary N) is 1. The first kappa shape index (κ1) is 15.5. The molecule has 7 heteroatoms. The number of amides is 1. The maximum Gasteiger partial charge on any atom is 0.326 e. The normalized spacial score (nSPS) is 13.4. The van der Waals surface area contributed by atoms with Crippen LogP contribution in [0.2, 0.25) is 0 Å². The van der Waals surface area contributed by atoms with Gasteiger partial charge in [0.2, 0.25) is 0 Å². The van der Waals surface area contributed by atoms with Gasteiger partial charge in [-0.1, -0.05) is 20.8 Å². The first-order chi connectivity index (χ1) is 9.61.